The van der Waals surface area contributed by atoms with E-state index in [1.165, 1.54) is 12.1 Å². The summed E-state index contributed by atoms with van der Waals surface area (Å²) in [6.07, 6.45) is 2.40. The quantitative estimate of drug-likeness (QED) is 0.181. The Kier molecular flexibility index (Phi) is 10.7. The van der Waals surface area contributed by atoms with Crippen LogP contribution in [-0.2, 0) is 45.5 Å². The highest BCUT2D eigenvalue weighted by Gasteiger charge is 2.31. The fourth-order valence-corrected chi connectivity index (χ4v) is 6.40. The Morgan fingerprint density at radius 1 is 0.822 bits per heavy atom. The lowest BCUT2D eigenvalue weighted by Crippen LogP contribution is -2.50. The molecule has 0 aliphatic heterocycles. The first-order valence-electron chi connectivity index (χ1n) is 14.9. The van der Waals surface area contributed by atoms with Gasteiger partial charge >= 0.3 is 0 Å². The van der Waals surface area contributed by atoms with Crippen molar-refractivity contribution in [2.24, 2.45) is 0 Å². The lowest BCUT2D eigenvalue weighted by Gasteiger charge is -2.32. The summed E-state index contributed by atoms with van der Waals surface area (Å²) in [5.74, 6) is -0.966. The molecule has 0 aromatic heterocycles. The Labute approximate surface area is 268 Å². The van der Waals surface area contributed by atoms with Crippen LogP contribution in [0, 0.1) is 5.82 Å². The molecule has 1 atom stereocenters. The van der Waals surface area contributed by atoms with Crippen LogP contribution in [0.15, 0.2) is 108 Å². The molecule has 1 aliphatic carbocycles. The predicted molar refractivity (Wildman–Crippen MR) is 172 cm³/mol. The van der Waals surface area contributed by atoms with E-state index in [1.54, 1.807) is 53.4 Å². The number of carbonyl (C=O) groups is 2. The van der Waals surface area contributed by atoms with Crippen LogP contribution < -0.4 is 10.0 Å². The molecule has 7 nitrogen and oxygen atoms in total. The van der Waals surface area contributed by atoms with E-state index in [-0.39, 0.29) is 48.7 Å². The second-order valence-electron chi connectivity index (χ2n) is 11.2. The standard InChI is InChI=1S/C35H35ClFN3O4S/c36-29-13-6-27(7-14-29)23-38-35(42)33(22-26-4-2-1-3-5-26)40(24-28-8-15-30(37)16-9-28)34(41)21-12-25-10-19-32(20-11-25)45(43,44)39-31-17-18-31/h1-11,13-16,19-20,31,33,39H,12,17-18,21-24H2,(H,38,42)/t33-/m0/s1. The van der Waals surface area contributed by atoms with E-state index in [2.05, 4.69) is 10.0 Å². The van der Waals surface area contributed by atoms with Gasteiger partial charge in [-0.25, -0.2) is 17.5 Å². The zero-order valence-corrected chi connectivity index (χ0v) is 26.2. The number of nitrogens with one attached hydrogen (secondary N) is 2. The molecule has 1 fully saturated rings. The monoisotopic (exact) mass is 647 g/mol. The normalized spacial score (nSPS) is 13.6. The maximum atomic E-state index is 13.9. The fraction of sp³-hybridized carbons (Fsp3) is 0.257. The van der Waals surface area contributed by atoms with Crippen molar-refractivity contribution in [1.82, 2.24) is 14.9 Å². The number of aryl methyl sites for hydroxylation is 1. The van der Waals surface area contributed by atoms with Gasteiger partial charge in [0.05, 0.1) is 4.90 Å². The van der Waals surface area contributed by atoms with Gasteiger partial charge in [0.2, 0.25) is 21.8 Å². The molecule has 45 heavy (non-hydrogen) atoms. The molecule has 10 heteroatoms. The lowest BCUT2D eigenvalue weighted by atomic mass is 10.0. The van der Waals surface area contributed by atoms with Gasteiger partial charge in [-0.2, -0.15) is 0 Å². The third-order valence-electron chi connectivity index (χ3n) is 7.68. The topological polar surface area (TPSA) is 95.6 Å². The van der Waals surface area contributed by atoms with Crippen molar-refractivity contribution in [2.45, 2.75) is 62.2 Å². The van der Waals surface area contributed by atoms with Crippen molar-refractivity contribution in [1.29, 1.82) is 0 Å². The zero-order chi connectivity index (χ0) is 31.8. The average molecular weight is 648 g/mol. The van der Waals surface area contributed by atoms with Crippen molar-refractivity contribution in [3.63, 3.8) is 0 Å². The maximum absolute atomic E-state index is 13.9. The Bertz CT molecular complexity index is 1700. The second kappa shape index (κ2) is 14.8. The number of hydrogen-bond donors (Lipinski definition) is 2. The van der Waals surface area contributed by atoms with Crippen LogP contribution in [0.25, 0.3) is 0 Å². The second-order valence-corrected chi connectivity index (χ2v) is 13.4. The van der Waals surface area contributed by atoms with Crippen LogP contribution in [-0.4, -0.2) is 37.2 Å². The molecular formula is C35H35ClFN3O4S. The van der Waals surface area contributed by atoms with Gasteiger partial charge in [0.15, 0.2) is 0 Å². The van der Waals surface area contributed by atoms with E-state index in [4.69, 9.17) is 11.6 Å². The maximum Gasteiger partial charge on any atom is 0.243 e. The minimum Gasteiger partial charge on any atom is -0.350 e. The van der Waals surface area contributed by atoms with E-state index in [0.717, 1.165) is 29.5 Å². The minimum atomic E-state index is -3.58. The molecule has 2 N–H and O–H groups in total. The Balaban J connectivity index is 1.36. The van der Waals surface area contributed by atoms with Crippen LogP contribution in [0.2, 0.25) is 5.02 Å². The molecule has 4 aromatic rings. The predicted octanol–water partition coefficient (Wildman–Crippen LogP) is 5.81. The first-order valence-corrected chi connectivity index (χ1v) is 16.7. The molecule has 0 saturated heterocycles. The van der Waals surface area contributed by atoms with Gasteiger partial charge in [-0.1, -0.05) is 78.3 Å². The van der Waals surface area contributed by atoms with Crippen molar-refractivity contribution >= 4 is 33.4 Å². The van der Waals surface area contributed by atoms with Crippen LogP contribution in [0.1, 0.15) is 41.5 Å². The van der Waals surface area contributed by atoms with Crippen molar-refractivity contribution < 1.29 is 22.4 Å². The van der Waals surface area contributed by atoms with Crippen molar-refractivity contribution in [3.05, 3.63) is 136 Å². The first-order chi connectivity index (χ1) is 21.7. The van der Waals surface area contributed by atoms with Gasteiger partial charge in [0.25, 0.3) is 0 Å². The van der Waals surface area contributed by atoms with Gasteiger partial charge < -0.3 is 10.2 Å². The molecule has 0 radical (unpaired) electrons. The van der Waals surface area contributed by atoms with Crippen LogP contribution >= 0.6 is 11.6 Å². The first kappa shape index (κ1) is 32.3. The average Bonchev–Trinajstić information content (AvgIpc) is 3.86. The van der Waals surface area contributed by atoms with Crippen molar-refractivity contribution in [2.75, 3.05) is 0 Å². The van der Waals surface area contributed by atoms with Crippen LogP contribution in [0.5, 0.6) is 0 Å². The summed E-state index contributed by atoms with van der Waals surface area (Å²) in [4.78, 5) is 29.5. The summed E-state index contributed by atoms with van der Waals surface area (Å²) >= 11 is 6.02. The number of carbonyl (C=O) groups excluding carboxylic acids is 2. The number of sulfonamides is 1. The molecule has 234 valence electrons. The van der Waals surface area contributed by atoms with Gasteiger partial charge in [0.1, 0.15) is 11.9 Å². The molecule has 0 unspecified atom stereocenters. The third-order valence-corrected chi connectivity index (χ3v) is 9.47. The van der Waals surface area contributed by atoms with E-state index in [9.17, 15) is 22.4 Å². The van der Waals surface area contributed by atoms with Crippen molar-refractivity contribution in [3.8, 4) is 0 Å². The lowest BCUT2D eigenvalue weighted by molar-refractivity contribution is -0.141. The minimum absolute atomic E-state index is 0.00612. The Hall–Kier alpha value is -4.05. The molecule has 1 aliphatic rings. The van der Waals surface area contributed by atoms with E-state index in [1.807, 2.05) is 42.5 Å². The van der Waals surface area contributed by atoms with Gasteiger partial charge in [-0.15, -0.1) is 0 Å². The van der Waals surface area contributed by atoms with Crippen LogP contribution in [0.3, 0.4) is 0 Å². The van der Waals surface area contributed by atoms with E-state index in [0.29, 0.717) is 17.0 Å². The molecule has 0 spiro atoms. The van der Waals surface area contributed by atoms with Gasteiger partial charge in [0, 0.05) is 37.0 Å². The molecule has 0 heterocycles. The summed E-state index contributed by atoms with van der Waals surface area (Å²) in [6, 6.07) is 28.2. The number of hydrogen-bond acceptors (Lipinski definition) is 4. The number of nitrogens with zero attached hydrogens (tertiary/aromatic N) is 1. The molecule has 1 saturated carbocycles. The summed E-state index contributed by atoms with van der Waals surface area (Å²) in [7, 11) is -3.58. The number of benzene rings is 4. The van der Waals surface area contributed by atoms with Crippen LogP contribution in [0.4, 0.5) is 4.39 Å². The largest absolute Gasteiger partial charge is 0.350 e. The Morgan fingerprint density at radius 3 is 2.09 bits per heavy atom. The molecular weight excluding hydrogens is 613 g/mol. The molecule has 4 aromatic carbocycles. The summed E-state index contributed by atoms with van der Waals surface area (Å²) in [5.41, 5.74) is 3.23. The summed E-state index contributed by atoms with van der Waals surface area (Å²) < 4.78 is 41.5. The Morgan fingerprint density at radius 2 is 1.44 bits per heavy atom. The summed E-state index contributed by atoms with van der Waals surface area (Å²) in [6.45, 7) is 0.361. The number of rotatable bonds is 14. The van der Waals surface area contributed by atoms with Gasteiger partial charge in [-0.3, -0.25) is 9.59 Å². The highest BCUT2D eigenvalue weighted by molar-refractivity contribution is 7.89. The number of amides is 2. The molecule has 5 rings (SSSR count). The molecule has 0 bridgehead atoms. The highest BCUT2D eigenvalue weighted by Crippen LogP contribution is 2.23. The SMILES string of the molecule is O=C(NCc1ccc(Cl)cc1)[C@H](Cc1ccccc1)N(Cc1ccc(F)cc1)C(=O)CCc1ccc(S(=O)(=O)NC2CC2)cc1. The smallest absolute Gasteiger partial charge is 0.243 e. The third kappa shape index (κ3) is 9.47. The van der Waals surface area contributed by atoms with Gasteiger partial charge in [-0.05, 0) is 77.9 Å². The molecule has 2 amide bonds. The number of halogens is 2. The van der Waals surface area contributed by atoms with E-state index >= 15 is 0 Å². The summed E-state index contributed by atoms with van der Waals surface area (Å²) in [5, 5.41) is 3.57. The fourth-order valence-electron chi connectivity index (χ4n) is 4.97. The van der Waals surface area contributed by atoms with E-state index < -0.39 is 21.9 Å². The highest BCUT2D eigenvalue weighted by atomic mass is 35.5. The zero-order valence-electron chi connectivity index (χ0n) is 24.7.